The van der Waals surface area contributed by atoms with Gasteiger partial charge in [-0.2, -0.15) is 4.31 Å². The first-order chi connectivity index (χ1) is 20.7. The summed E-state index contributed by atoms with van der Waals surface area (Å²) in [6.45, 7) is 4.34. The molecule has 0 unspecified atom stereocenters. The Morgan fingerprint density at radius 2 is 1.56 bits per heavy atom. The van der Waals surface area contributed by atoms with E-state index in [0.29, 0.717) is 18.0 Å². The zero-order valence-electron chi connectivity index (χ0n) is 25.0. The number of nitrogens with one attached hydrogen (secondary N) is 2. The van der Waals surface area contributed by atoms with Crippen molar-refractivity contribution in [3.63, 3.8) is 0 Å². The van der Waals surface area contributed by atoms with Crippen LogP contribution in [0.2, 0.25) is 0 Å². The molecule has 2 N–H and O–H groups in total. The van der Waals surface area contributed by atoms with E-state index in [1.807, 2.05) is 4.31 Å². The van der Waals surface area contributed by atoms with Crippen LogP contribution in [-0.2, 0) is 27.7 Å². The molecule has 1 aromatic carbocycles. The number of thiophene rings is 1. The third-order valence-corrected chi connectivity index (χ3v) is 12.2. The summed E-state index contributed by atoms with van der Waals surface area (Å²) in [5.41, 5.74) is 1.37. The van der Waals surface area contributed by atoms with Crippen molar-refractivity contribution in [1.82, 2.24) is 14.5 Å². The third-order valence-electron chi connectivity index (χ3n) is 9.00. The number of alkyl carbamates (subject to hydrolysis) is 1. The molecule has 0 saturated heterocycles. The van der Waals surface area contributed by atoms with Crippen LogP contribution in [0.15, 0.2) is 29.2 Å². The van der Waals surface area contributed by atoms with E-state index in [-0.39, 0.29) is 28.1 Å². The second kappa shape index (κ2) is 13.9. The molecular formula is C31H42N4O6S2. The summed E-state index contributed by atoms with van der Waals surface area (Å²) in [5.74, 6) is -1.09. The molecule has 3 amide bonds. The van der Waals surface area contributed by atoms with Crippen molar-refractivity contribution >= 4 is 44.3 Å². The van der Waals surface area contributed by atoms with Crippen molar-refractivity contribution in [2.75, 3.05) is 25.5 Å². The Morgan fingerprint density at radius 3 is 2.12 bits per heavy atom. The molecule has 10 nitrogen and oxygen atoms in total. The van der Waals surface area contributed by atoms with Crippen LogP contribution in [0.3, 0.4) is 0 Å². The van der Waals surface area contributed by atoms with Gasteiger partial charge >= 0.3 is 6.09 Å². The second-order valence-electron chi connectivity index (χ2n) is 11.7. The van der Waals surface area contributed by atoms with Gasteiger partial charge in [-0.25, -0.2) is 13.2 Å². The molecule has 2 fully saturated rings. The third kappa shape index (κ3) is 6.97. The number of ether oxygens (including phenoxy) is 1. The number of sulfonamides is 1. The molecule has 5 rings (SSSR count). The van der Waals surface area contributed by atoms with Crippen LogP contribution >= 0.6 is 11.3 Å². The number of likely N-dealkylation sites (N-methyl/N-ethyl adjacent to an activating group) is 1. The van der Waals surface area contributed by atoms with E-state index in [0.717, 1.165) is 87.7 Å². The van der Waals surface area contributed by atoms with E-state index >= 15 is 0 Å². The second-order valence-corrected chi connectivity index (χ2v) is 14.6. The molecule has 1 aromatic heterocycles. The minimum atomic E-state index is -3.74. The molecule has 43 heavy (non-hydrogen) atoms. The van der Waals surface area contributed by atoms with Gasteiger partial charge in [0, 0.05) is 35.6 Å². The van der Waals surface area contributed by atoms with Gasteiger partial charge in [0.15, 0.2) is 0 Å². The predicted molar refractivity (Wildman–Crippen MR) is 166 cm³/mol. The maximum Gasteiger partial charge on any atom is 0.413 e. The maximum absolute atomic E-state index is 14.0. The quantitative estimate of drug-likeness (QED) is 0.393. The van der Waals surface area contributed by atoms with Gasteiger partial charge in [0.1, 0.15) is 5.00 Å². The first kappa shape index (κ1) is 31.6. The van der Waals surface area contributed by atoms with Crippen LogP contribution in [-0.4, -0.2) is 67.8 Å². The van der Waals surface area contributed by atoms with Crippen LogP contribution in [0.4, 0.5) is 9.80 Å². The topological polar surface area (TPSA) is 125 Å². The summed E-state index contributed by atoms with van der Waals surface area (Å²) in [6, 6.07) is 6.14. The summed E-state index contributed by atoms with van der Waals surface area (Å²) < 4.78 is 34.5. The molecule has 2 saturated carbocycles. The molecule has 3 aliphatic rings. The number of amides is 3. The maximum atomic E-state index is 14.0. The minimum Gasteiger partial charge on any atom is -0.453 e. The Balaban J connectivity index is 1.38. The molecule has 2 heterocycles. The van der Waals surface area contributed by atoms with Crippen LogP contribution in [0.5, 0.6) is 0 Å². The van der Waals surface area contributed by atoms with Gasteiger partial charge in [-0.05, 0) is 68.5 Å². The summed E-state index contributed by atoms with van der Waals surface area (Å²) in [5, 5.41) is 5.43. The fraction of sp³-hybridized carbons (Fsp3) is 0.581. The lowest BCUT2D eigenvalue weighted by Crippen LogP contribution is -2.48. The molecule has 0 atom stereocenters. The molecule has 0 radical (unpaired) electrons. The number of carbonyl (C=O) groups excluding carboxylic acids is 3. The largest absolute Gasteiger partial charge is 0.453 e. The normalized spacial score (nSPS) is 18.7. The Kier molecular flexibility index (Phi) is 10.2. The lowest BCUT2D eigenvalue weighted by molar-refractivity contribution is 0.0936. The number of benzene rings is 1. The van der Waals surface area contributed by atoms with E-state index in [1.54, 1.807) is 0 Å². The number of anilines is 1. The molecule has 2 aromatic rings. The first-order valence-electron chi connectivity index (χ1n) is 15.4. The van der Waals surface area contributed by atoms with Gasteiger partial charge < -0.3 is 10.1 Å². The minimum absolute atomic E-state index is 0.0212. The van der Waals surface area contributed by atoms with E-state index in [2.05, 4.69) is 27.2 Å². The van der Waals surface area contributed by atoms with Gasteiger partial charge in [0.05, 0.1) is 17.6 Å². The number of rotatable bonds is 8. The molecule has 2 aliphatic carbocycles. The summed E-state index contributed by atoms with van der Waals surface area (Å²) in [7, 11) is -2.56. The number of hydrogen-bond acceptors (Lipinski definition) is 8. The number of carbonyl (C=O) groups is 3. The Labute approximate surface area is 258 Å². The zero-order valence-corrected chi connectivity index (χ0v) is 26.7. The van der Waals surface area contributed by atoms with Crippen molar-refractivity contribution in [1.29, 1.82) is 0 Å². The number of methoxy groups -OCH3 is 1. The van der Waals surface area contributed by atoms with Gasteiger partial charge in [0.2, 0.25) is 10.0 Å². The van der Waals surface area contributed by atoms with E-state index in [1.165, 1.54) is 42.7 Å². The van der Waals surface area contributed by atoms with E-state index < -0.39 is 27.9 Å². The summed E-state index contributed by atoms with van der Waals surface area (Å²) in [6.07, 6.45) is 9.79. The average molecular weight is 631 g/mol. The fourth-order valence-electron chi connectivity index (χ4n) is 6.70. The number of nitrogens with zero attached hydrogens (tertiary/aromatic N) is 2. The van der Waals surface area contributed by atoms with Crippen molar-refractivity contribution in [3.05, 3.63) is 45.8 Å². The van der Waals surface area contributed by atoms with Gasteiger partial charge in [0.25, 0.3) is 11.8 Å². The fourth-order valence-corrected chi connectivity index (χ4v) is 9.91. The SMILES string of the molecule is CCN1CCc2c(sc(NC(=O)c3ccc(S(=O)(=O)N(C4CCCCC4)C4CCCCC4)cc3)c2C(=O)NC(=O)OC)C1. The predicted octanol–water partition coefficient (Wildman–Crippen LogP) is 5.53. The Hall–Kier alpha value is -2.80. The molecule has 1 aliphatic heterocycles. The standard InChI is InChI=1S/C31H42N4O6S2/c1-3-34-19-18-25-26(20-34)42-30(27(25)29(37)33-31(38)41-2)32-28(36)21-14-16-24(17-15-21)43(39,40)35(22-10-6-4-7-11-22)23-12-8-5-9-13-23/h14-17,22-23H,3-13,18-20H2,1-2H3,(H,32,36)(H,33,37,38). The van der Waals surface area contributed by atoms with Crippen molar-refractivity contribution in [3.8, 4) is 0 Å². The van der Waals surface area contributed by atoms with Gasteiger partial charge in [-0.15, -0.1) is 11.3 Å². The molecule has 0 spiro atoms. The lowest BCUT2D eigenvalue weighted by atomic mass is 9.91. The Morgan fingerprint density at radius 1 is 0.953 bits per heavy atom. The molecule has 0 bridgehead atoms. The van der Waals surface area contributed by atoms with Crippen LogP contribution in [0.1, 0.15) is 102 Å². The van der Waals surface area contributed by atoms with E-state index in [9.17, 15) is 22.8 Å². The zero-order chi connectivity index (χ0) is 30.6. The highest BCUT2D eigenvalue weighted by Crippen LogP contribution is 2.38. The van der Waals surface area contributed by atoms with Crippen molar-refractivity contribution in [2.24, 2.45) is 0 Å². The van der Waals surface area contributed by atoms with Gasteiger partial charge in [-0.1, -0.05) is 45.4 Å². The molecular weight excluding hydrogens is 588 g/mol. The number of hydrogen-bond donors (Lipinski definition) is 2. The number of fused-ring (bicyclic) bond motifs is 1. The van der Waals surface area contributed by atoms with Crippen LogP contribution in [0, 0.1) is 0 Å². The van der Waals surface area contributed by atoms with Gasteiger partial charge in [-0.3, -0.25) is 19.8 Å². The first-order valence-corrected chi connectivity index (χ1v) is 17.7. The van der Waals surface area contributed by atoms with Crippen LogP contribution < -0.4 is 10.6 Å². The van der Waals surface area contributed by atoms with E-state index in [4.69, 9.17) is 0 Å². The Bertz CT molecular complexity index is 1410. The van der Waals surface area contributed by atoms with Crippen molar-refractivity contribution < 1.29 is 27.5 Å². The smallest absolute Gasteiger partial charge is 0.413 e. The lowest BCUT2D eigenvalue weighted by Gasteiger charge is -2.40. The highest BCUT2D eigenvalue weighted by molar-refractivity contribution is 7.89. The molecule has 234 valence electrons. The highest BCUT2D eigenvalue weighted by Gasteiger charge is 2.38. The highest BCUT2D eigenvalue weighted by atomic mass is 32.2. The average Bonchev–Trinajstić information content (AvgIpc) is 3.39. The summed E-state index contributed by atoms with van der Waals surface area (Å²) in [4.78, 5) is 41.7. The van der Waals surface area contributed by atoms with Crippen LogP contribution in [0.25, 0.3) is 0 Å². The molecule has 12 heteroatoms. The number of imide groups is 1. The monoisotopic (exact) mass is 630 g/mol. The summed E-state index contributed by atoms with van der Waals surface area (Å²) >= 11 is 1.32. The van der Waals surface area contributed by atoms with Crippen molar-refractivity contribution in [2.45, 2.75) is 101 Å².